The summed E-state index contributed by atoms with van der Waals surface area (Å²) >= 11 is 4.83. The van der Waals surface area contributed by atoms with Crippen molar-refractivity contribution in [3.8, 4) is 0 Å². The van der Waals surface area contributed by atoms with Gasteiger partial charge in [-0.25, -0.2) is 4.39 Å². The van der Waals surface area contributed by atoms with Gasteiger partial charge in [-0.2, -0.15) is 0 Å². The van der Waals surface area contributed by atoms with Crippen molar-refractivity contribution in [3.05, 3.63) is 64.4 Å². The number of hydrogen-bond donors (Lipinski definition) is 1. The summed E-state index contributed by atoms with van der Waals surface area (Å²) in [6, 6.07) is 15.6. The van der Waals surface area contributed by atoms with Crippen LogP contribution in [-0.2, 0) is 6.42 Å². The quantitative estimate of drug-likeness (QED) is 0.852. The minimum atomic E-state index is -0.274. The first kappa shape index (κ1) is 14.6. The van der Waals surface area contributed by atoms with Gasteiger partial charge < -0.3 is 5.32 Å². The molecule has 1 heterocycles. The van der Waals surface area contributed by atoms with Gasteiger partial charge in [0.1, 0.15) is 5.82 Å². The Balaban J connectivity index is 1.64. The Morgan fingerprint density at radius 2 is 2.05 bits per heavy atom. The van der Waals surface area contributed by atoms with Crippen LogP contribution in [0.15, 0.2) is 58.0 Å². The maximum absolute atomic E-state index is 13.5. The fraction of sp³-hybridized carbons (Fsp3) is 0.188. The first-order chi connectivity index (χ1) is 10.2. The van der Waals surface area contributed by atoms with Crippen molar-refractivity contribution in [3.63, 3.8) is 0 Å². The van der Waals surface area contributed by atoms with Crippen LogP contribution in [0, 0.1) is 5.82 Å². The Hall–Kier alpha value is -1.33. The summed E-state index contributed by atoms with van der Waals surface area (Å²) in [6.45, 7) is 0. The number of thioether (sulfide) groups is 1. The van der Waals surface area contributed by atoms with E-state index >= 15 is 0 Å². The molecular weight excluding hydrogens is 351 g/mol. The van der Waals surface area contributed by atoms with Crippen LogP contribution in [0.4, 0.5) is 10.1 Å². The van der Waals surface area contributed by atoms with E-state index < -0.39 is 0 Å². The van der Waals surface area contributed by atoms with Gasteiger partial charge in [-0.15, -0.1) is 0 Å². The number of amidine groups is 1. The third-order valence-corrected chi connectivity index (χ3v) is 4.87. The molecule has 0 saturated carbocycles. The average Bonchev–Trinajstić information content (AvgIpc) is 2.91. The highest BCUT2D eigenvalue weighted by molar-refractivity contribution is 9.10. The minimum Gasteiger partial charge on any atom is -0.335 e. The summed E-state index contributed by atoms with van der Waals surface area (Å²) in [5.41, 5.74) is 2.02. The Morgan fingerprint density at radius 1 is 1.24 bits per heavy atom. The molecule has 1 aliphatic heterocycles. The summed E-state index contributed by atoms with van der Waals surface area (Å²) in [6.07, 6.45) is 0.938. The highest BCUT2D eigenvalue weighted by Gasteiger charge is 2.18. The van der Waals surface area contributed by atoms with Crippen LogP contribution < -0.4 is 5.32 Å². The molecule has 1 unspecified atom stereocenters. The van der Waals surface area contributed by atoms with Crippen LogP contribution in [0.3, 0.4) is 0 Å². The maximum Gasteiger partial charge on any atom is 0.161 e. The van der Waals surface area contributed by atoms with Crippen LogP contribution >= 0.6 is 27.7 Å². The Morgan fingerprint density at radius 3 is 2.81 bits per heavy atom. The van der Waals surface area contributed by atoms with Crippen molar-refractivity contribution in [2.45, 2.75) is 12.5 Å². The van der Waals surface area contributed by atoms with Crippen molar-refractivity contribution in [1.29, 1.82) is 0 Å². The van der Waals surface area contributed by atoms with E-state index in [2.05, 4.69) is 38.4 Å². The summed E-state index contributed by atoms with van der Waals surface area (Å²) in [7, 11) is 0. The fourth-order valence-corrected chi connectivity index (χ4v) is 3.37. The highest BCUT2D eigenvalue weighted by atomic mass is 79.9. The van der Waals surface area contributed by atoms with Crippen molar-refractivity contribution in [2.24, 2.45) is 4.99 Å². The Bertz CT molecular complexity index is 661. The smallest absolute Gasteiger partial charge is 0.161 e. The Labute approximate surface area is 136 Å². The lowest BCUT2D eigenvalue weighted by molar-refractivity contribution is 0.622. The largest absolute Gasteiger partial charge is 0.335 e. The second-order valence-electron chi connectivity index (χ2n) is 4.84. The number of halogens is 2. The van der Waals surface area contributed by atoms with Crippen LogP contribution in [0.25, 0.3) is 0 Å². The molecule has 0 saturated heterocycles. The molecule has 0 fully saturated rings. The zero-order valence-electron chi connectivity index (χ0n) is 11.2. The molecule has 2 nitrogen and oxygen atoms in total. The zero-order chi connectivity index (χ0) is 14.7. The van der Waals surface area contributed by atoms with Gasteiger partial charge in [-0.05, 0) is 46.1 Å². The van der Waals surface area contributed by atoms with E-state index in [4.69, 9.17) is 0 Å². The number of rotatable bonds is 3. The van der Waals surface area contributed by atoms with Crippen LogP contribution in [0.2, 0.25) is 0 Å². The number of benzene rings is 2. The van der Waals surface area contributed by atoms with Crippen molar-refractivity contribution in [1.82, 2.24) is 0 Å². The third kappa shape index (κ3) is 3.86. The molecule has 0 spiro atoms. The van der Waals surface area contributed by atoms with E-state index in [0.29, 0.717) is 4.47 Å². The SMILES string of the molecule is Fc1cc(NC2=NC(Cc3ccccc3)CS2)ccc1Br. The molecule has 1 N–H and O–H groups in total. The summed E-state index contributed by atoms with van der Waals surface area (Å²) in [5.74, 6) is 0.681. The van der Waals surface area contributed by atoms with Crippen LogP contribution in [0.1, 0.15) is 5.56 Å². The fourth-order valence-electron chi connectivity index (χ4n) is 2.17. The predicted octanol–water partition coefficient (Wildman–Crippen LogP) is 4.71. The molecule has 3 rings (SSSR count). The van der Waals surface area contributed by atoms with Gasteiger partial charge in [0.2, 0.25) is 0 Å². The van der Waals surface area contributed by atoms with Gasteiger partial charge in [-0.3, -0.25) is 4.99 Å². The summed E-state index contributed by atoms with van der Waals surface area (Å²) < 4.78 is 14.0. The zero-order valence-corrected chi connectivity index (χ0v) is 13.6. The van der Waals surface area contributed by atoms with Gasteiger partial charge in [0.05, 0.1) is 10.5 Å². The first-order valence-electron chi connectivity index (χ1n) is 6.67. The molecule has 0 radical (unpaired) electrons. The molecule has 1 aliphatic rings. The van der Waals surface area contributed by atoms with Crippen molar-refractivity contribution in [2.75, 3.05) is 11.1 Å². The molecule has 0 aliphatic carbocycles. The second kappa shape index (κ2) is 6.62. The second-order valence-corrected chi connectivity index (χ2v) is 6.71. The maximum atomic E-state index is 13.5. The van der Waals surface area contributed by atoms with Crippen LogP contribution in [0.5, 0.6) is 0 Å². The highest BCUT2D eigenvalue weighted by Crippen LogP contribution is 2.24. The average molecular weight is 365 g/mol. The van der Waals surface area contributed by atoms with E-state index in [1.54, 1.807) is 17.8 Å². The molecule has 108 valence electrons. The normalized spacial score (nSPS) is 17.6. The molecule has 2 aromatic rings. The molecule has 0 amide bonds. The van der Waals surface area contributed by atoms with Gasteiger partial charge >= 0.3 is 0 Å². The molecular formula is C16H14BrFN2S. The molecule has 0 aromatic heterocycles. The molecule has 1 atom stereocenters. The minimum absolute atomic E-state index is 0.274. The third-order valence-electron chi connectivity index (χ3n) is 3.20. The number of hydrogen-bond acceptors (Lipinski definition) is 3. The first-order valence-corrected chi connectivity index (χ1v) is 8.45. The topological polar surface area (TPSA) is 24.4 Å². The molecule has 2 aromatic carbocycles. The Kier molecular flexibility index (Phi) is 4.60. The van der Waals surface area contributed by atoms with E-state index in [9.17, 15) is 4.39 Å². The lowest BCUT2D eigenvalue weighted by Gasteiger charge is -2.06. The van der Waals surface area contributed by atoms with E-state index in [1.807, 2.05) is 24.3 Å². The van der Waals surface area contributed by atoms with Crippen molar-refractivity contribution >= 4 is 38.5 Å². The molecule has 21 heavy (non-hydrogen) atoms. The van der Waals surface area contributed by atoms with Gasteiger partial charge in [0.25, 0.3) is 0 Å². The van der Waals surface area contributed by atoms with Gasteiger partial charge in [0, 0.05) is 11.4 Å². The van der Waals surface area contributed by atoms with Crippen LogP contribution in [-0.4, -0.2) is 17.0 Å². The lowest BCUT2D eigenvalue weighted by atomic mass is 10.1. The number of aliphatic imine (C=N–C) groups is 1. The molecule has 0 bridgehead atoms. The van der Waals surface area contributed by atoms with Gasteiger partial charge in [0.15, 0.2) is 5.17 Å². The molecule has 5 heteroatoms. The standard InChI is InChI=1S/C16H14BrFN2S/c17-14-7-6-12(9-15(14)18)19-16-20-13(10-21-16)8-11-4-2-1-3-5-11/h1-7,9,13H,8,10H2,(H,19,20). The van der Waals surface area contributed by atoms with E-state index in [1.165, 1.54) is 11.6 Å². The summed E-state index contributed by atoms with van der Waals surface area (Å²) in [5, 5.41) is 4.04. The number of anilines is 1. The number of nitrogens with one attached hydrogen (secondary N) is 1. The summed E-state index contributed by atoms with van der Waals surface area (Å²) in [4.78, 5) is 4.67. The predicted molar refractivity (Wildman–Crippen MR) is 91.5 cm³/mol. The number of nitrogens with zero attached hydrogens (tertiary/aromatic N) is 1. The van der Waals surface area contributed by atoms with Crippen molar-refractivity contribution < 1.29 is 4.39 Å². The van der Waals surface area contributed by atoms with E-state index in [-0.39, 0.29) is 11.9 Å². The monoisotopic (exact) mass is 364 g/mol. The van der Waals surface area contributed by atoms with Gasteiger partial charge in [-0.1, -0.05) is 42.1 Å². The lowest BCUT2D eigenvalue weighted by Crippen LogP contribution is -2.08. The van der Waals surface area contributed by atoms with E-state index in [0.717, 1.165) is 23.0 Å².